The summed E-state index contributed by atoms with van der Waals surface area (Å²) in [6.45, 7) is 0. The van der Waals surface area contributed by atoms with Crippen molar-refractivity contribution in [3.8, 4) is 5.75 Å². The maximum absolute atomic E-state index is 12.5. The number of nitrogens with one attached hydrogen (secondary N) is 2. The van der Waals surface area contributed by atoms with E-state index in [-0.39, 0.29) is 17.2 Å². The van der Waals surface area contributed by atoms with Gasteiger partial charge in [-0.15, -0.1) is 0 Å². The first-order valence-electron chi connectivity index (χ1n) is 8.89. The molecule has 0 spiro atoms. The Morgan fingerprint density at radius 2 is 1.77 bits per heavy atom. The van der Waals surface area contributed by atoms with Crippen molar-refractivity contribution in [3.63, 3.8) is 0 Å². The van der Waals surface area contributed by atoms with Crippen LogP contribution in [0.3, 0.4) is 0 Å². The molecule has 3 aromatic rings. The highest BCUT2D eigenvalue weighted by Crippen LogP contribution is 2.25. The lowest BCUT2D eigenvalue weighted by Crippen LogP contribution is -2.18. The molecule has 132 valence electrons. The zero-order chi connectivity index (χ0) is 17.9. The number of rotatable bonds is 4. The first-order valence-corrected chi connectivity index (χ1v) is 8.89. The highest BCUT2D eigenvalue weighted by molar-refractivity contribution is 6.04. The van der Waals surface area contributed by atoms with E-state index in [2.05, 4.69) is 10.3 Å². The standard InChI is InChI=1S/C21H20N2O3/c24-20-18-8-4-1-5-14(18)13-19(23-20)21(25)22-15-9-11-17(12-10-15)26-16-6-2-3-7-16/h1,4-5,8-13,16H,2-3,6-7H2,(H,22,25)(H,23,24). The molecule has 1 saturated carbocycles. The number of aromatic amines is 1. The molecule has 2 N–H and O–H groups in total. The normalized spacial score (nSPS) is 14.5. The number of hydrogen-bond acceptors (Lipinski definition) is 3. The topological polar surface area (TPSA) is 71.2 Å². The number of fused-ring (bicyclic) bond motifs is 1. The van der Waals surface area contributed by atoms with Crippen molar-refractivity contribution in [1.29, 1.82) is 0 Å². The van der Waals surface area contributed by atoms with E-state index in [1.807, 2.05) is 24.3 Å². The molecule has 0 radical (unpaired) electrons. The van der Waals surface area contributed by atoms with Gasteiger partial charge in [0.1, 0.15) is 11.4 Å². The summed E-state index contributed by atoms with van der Waals surface area (Å²) in [6.07, 6.45) is 4.96. The van der Waals surface area contributed by atoms with Gasteiger partial charge in [-0.2, -0.15) is 0 Å². The van der Waals surface area contributed by atoms with Crippen LogP contribution in [0.1, 0.15) is 36.2 Å². The predicted molar refractivity (Wildman–Crippen MR) is 102 cm³/mol. The van der Waals surface area contributed by atoms with Crippen LogP contribution in [0.2, 0.25) is 0 Å². The van der Waals surface area contributed by atoms with Crippen LogP contribution in [0, 0.1) is 0 Å². The summed E-state index contributed by atoms with van der Waals surface area (Å²) >= 11 is 0. The fourth-order valence-electron chi connectivity index (χ4n) is 3.35. The molecule has 5 nitrogen and oxygen atoms in total. The van der Waals surface area contributed by atoms with Gasteiger partial charge in [0, 0.05) is 11.1 Å². The lowest BCUT2D eigenvalue weighted by Gasteiger charge is -2.13. The molecule has 1 heterocycles. The molecule has 0 aliphatic heterocycles. The summed E-state index contributed by atoms with van der Waals surface area (Å²) in [5, 5.41) is 4.11. The second-order valence-electron chi connectivity index (χ2n) is 6.60. The van der Waals surface area contributed by atoms with Gasteiger partial charge in [-0.1, -0.05) is 18.2 Å². The molecule has 2 aromatic carbocycles. The monoisotopic (exact) mass is 348 g/mol. The van der Waals surface area contributed by atoms with Crippen LogP contribution in [0.4, 0.5) is 5.69 Å². The Morgan fingerprint density at radius 1 is 1.04 bits per heavy atom. The number of anilines is 1. The Balaban J connectivity index is 1.48. The highest BCUT2D eigenvalue weighted by atomic mass is 16.5. The van der Waals surface area contributed by atoms with Crippen LogP contribution >= 0.6 is 0 Å². The molecule has 1 aliphatic rings. The Hall–Kier alpha value is -3.08. The number of hydrogen-bond donors (Lipinski definition) is 2. The molecule has 0 atom stereocenters. The minimum Gasteiger partial charge on any atom is -0.490 e. The lowest BCUT2D eigenvalue weighted by atomic mass is 10.1. The minimum atomic E-state index is -0.350. The SMILES string of the molecule is O=C(Nc1ccc(OC2CCCC2)cc1)c1cc2ccccc2c(=O)[nH]1. The number of benzene rings is 2. The van der Waals surface area contributed by atoms with Gasteiger partial charge in [-0.3, -0.25) is 9.59 Å². The molecule has 1 amide bonds. The van der Waals surface area contributed by atoms with E-state index in [0.717, 1.165) is 24.0 Å². The minimum absolute atomic E-state index is 0.236. The van der Waals surface area contributed by atoms with Gasteiger partial charge in [0.15, 0.2) is 0 Å². The summed E-state index contributed by atoms with van der Waals surface area (Å²) in [4.78, 5) is 27.2. The Morgan fingerprint density at radius 3 is 2.54 bits per heavy atom. The van der Waals surface area contributed by atoms with E-state index >= 15 is 0 Å². The fraction of sp³-hybridized carbons (Fsp3) is 0.238. The zero-order valence-corrected chi connectivity index (χ0v) is 14.3. The van der Waals surface area contributed by atoms with Crippen LogP contribution in [0.5, 0.6) is 5.75 Å². The largest absolute Gasteiger partial charge is 0.490 e. The van der Waals surface area contributed by atoms with Crippen molar-refractivity contribution < 1.29 is 9.53 Å². The van der Waals surface area contributed by atoms with Gasteiger partial charge in [0.05, 0.1) is 6.10 Å². The summed E-state index contributed by atoms with van der Waals surface area (Å²) < 4.78 is 5.92. The third-order valence-corrected chi connectivity index (χ3v) is 4.72. The van der Waals surface area contributed by atoms with E-state index < -0.39 is 0 Å². The second kappa shape index (κ2) is 7.04. The third kappa shape index (κ3) is 3.47. The molecule has 1 aliphatic carbocycles. The first-order chi connectivity index (χ1) is 12.7. The molecule has 1 aromatic heterocycles. The van der Waals surface area contributed by atoms with E-state index in [0.29, 0.717) is 17.2 Å². The smallest absolute Gasteiger partial charge is 0.272 e. The van der Waals surface area contributed by atoms with Crippen molar-refractivity contribution in [2.24, 2.45) is 0 Å². The lowest BCUT2D eigenvalue weighted by molar-refractivity contribution is 0.102. The van der Waals surface area contributed by atoms with Gasteiger partial charge >= 0.3 is 0 Å². The number of aromatic nitrogens is 1. The number of carbonyl (C=O) groups is 1. The van der Waals surface area contributed by atoms with Gasteiger partial charge in [0.25, 0.3) is 11.5 Å². The molecule has 4 rings (SSSR count). The molecule has 0 bridgehead atoms. The fourth-order valence-corrected chi connectivity index (χ4v) is 3.35. The number of amides is 1. The molecular formula is C21H20N2O3. The predicted octanol–water partition coefficient (Wildman–Crippen LogP) is 4.10. The summed E-state index contributed by atoms with van der Waals surface area (Å²) in [5.41, 5.74) is 0.622. The Kier molecular flexibility index (Phi) is 4.44. The van der Waals surface area contributed by atoms with Crippen molar-refractivity contribution >= 4 is 22.4 Å². The average molecular weight is 348 g/mol. The maximum Gasteiger partial charge on any atom is 0.272 e. The van der Waals surface area contributed by atoms with E-state index in [1.165, 1.54) is 12.8 Å². The molecular weight excluding hydrogens is 328 g/mol. The van der Waals surface area contributed by atoms with Crippen LogP contribution in [0.15, 0.2) is 59.4 Å². The van der Waals surface area contributed by atoms with Crippen LogP contribution in [0.25, 0.3) is 10.8 Å². The summed E-state index contributed by atoms with van der Waals surface area (Å²) in [7, 11) is 0. The maximum atomic E-state index is 12.5. The third-order valence-electron chi connectivity index (χ3n) is 4.72. The van der Waals surface area contributed by atoms with Gasteiger partial charge in [0.2, 0.25) is 0 Å². The van der Waals surface area contributed by atoms with Crippen molar-refractivity contribution in [1.82, 2.24) is 4.98 Å². The van der Waals surface area contributed by atoms with Crippen molar-refractivity contribution in [3.05, 3.63) is 70.6 Å². The molecule has 26 heavy (non-hydrogen) atoms. The van der Waals surface area contributed by atoms with E-state index in [1.54, 1.807) is 30.3 Å². The van der Waals surface area contributed by atoms with Crippen LogP contribution in [-0.4, -0.2) is 17.0 Å². The first kappa shape index (κ1) is 16.4. The molecule has 5 heteroatoms. The van der Waals surface area contributed by atoms with Gasteiger partial charge in [-0.05, 0) is 67.5 Å². The van der Waals surface area contributed by atoms with Crippen molar-refractivity contribution in [2.75, 3.05) is 5.32 Å². The Bertz CT molecular complexity index is 986. The van der Waals surface area contributed by atoms with Crippen LogP contribution < -0.4 is 15.6 Å². The van der Waals surface area contributed by atoms with Crippen LogP contribution in [-0.2, 0) is 0 Å². The molecule has 0 saturated heterocycles. The number of ether oxygens (including phenoxy) is 1. The Labute approximate surface area is 151 Å². The summed E-state index contributed by atoms with van der Waals surface area (Å²) in [5.74, 6) is 0.464. The zero-order valence-electron chi connectivity index (χ0n) is 14.3. The van der Waals surface area contributed by atoms with E-state index in [9.17, 15) is 9.59 Å². The molecule has 0 unspecified atom stereocenters. The second-order valence-corrected chi connectivity index (χ2v) is 6.60. The summed E-state index contributed by atoms with van der Waals surface area (Å²) in [6, 6.07) is 16.2. The number of pyridine rings is 1. The molecule has 1 fully saturated rings. The van der Waals surface area contributed by atoms with E-state index in [4.69, 9.17) is 4.74 Å². The number of H-pyrrole nitrogens is 1. The highest BCUT2D eigenvalue weighted by Gasteiger charge is 2.16. The average Bonchev–Trinajstić information content (AvgIpc) is 3.16. The quantitative estimate of drug-likeness (QED) is 0.745. The number of carbonyl (C=O) groups excluding carboxylic acids is 1. The van der Waals surface area contributed by atoms with Crippen molar-refractivity contribution in [2.45, 2.75) is 31.8 Å². The van der Waals surface area contributed by atoms with Gasteiger partial charge < -0.3 is 15.0 Å². The van der Waals surface area contributed by atoms with Gasteiger partial charge in [-0.25, -0.2) is 0 Å².